The number of primary amides is 1. The first-order valence-electron chi connectivity index (χ1n) is 10.4. The van der Waals surface area contributed by atoms with Gasteiger partial charge in [-0.05, 0) is 38.3 Å². The Hall–Kier alpha value is -3.22. The monoisotopic (exact) mass is 405 g/mol. The van der Waals surface area contributed by atoms with Gasteiger partial charge in [0.15, 0.2) is 0 Å². The summed E-state index contributed by atoms with van der Waals surface area (Å²) in [5, 5.41) is 5.37. The Balaban J connectivity index is 1.68. The van der Waals surface area contributed by atoms with Crippen LogP contribution in [0.5, 0.6) is 0 Å². The summed E-state index contributed by atoms with van der Waals surface area (Å²) in [6, 6.07) is 9.51. The molecule has 2 N–H and O–H groups in total. The number of rotatable bonds is 4. The van der Waals surface area contributed by atoms with E-state index >= 15 is 0 Å². The van der Waals surface area contributed by atoms with E-state index in [1.165, 1.54) is 0 Å². The van der Waals surface area contributed by atoms with Crippen molar-refractivity contribution < 1.29 is 9.59 Å². The number of nitrogens with two attached hydrogens (primary N) is 1. The number of piperidine rings is 1. The zero-order chi connectivity index (χ0) is 21.4. The van der Waals surface area contributed by atoms with Crippen LogP contribution in [0.1, 0.15) is 63.5 Å². The van der Waals surface area contributed by atoms with Crippen molar-refractivity contribution in [2.75, 3.05) is 13.1 Å². The van der Waals surface area contributed by atoms with Crippen LogP contribution in [0.2, 0.25) is 0 Å². The quantitative estimate of drug-likeness (QED) is 0.722. The van der Waals surface area contributed by atoms with Gasteiger partial charge in [0.1, 0.15) is 5.69 Å². The molecule has 1 aliphatic rings. The molecule has 7 nitrogen and oxygen atoms in total. The number of fused-ring (bicyclic) bond motifs is 1. The average Bonchev–Trinajstić information content (AvgIpc) is 3.05. The number of hydrogen-bond acceptors (Lipinski definition) is 4. The van der Waals surface area contributed by atoms with E-state index in [-0.39, 0.29) is 11.8 Å². The Labute approximate surface area is 175 Å². The SMILES string of the molecule is CCc1nn(C)c(C(=O)N2CCCC(c3nc4ccccc4cc3C(N)=O)C2)c1C. The largest absolute Gasteiger partial charge is 0.366 e. The fraction of sp³-hybridized carbons (Fsp3) is 0.391. The van der Waals surface area contributed by atoms with Crippen LogP contribution >= 0.6 is 0 Å². The standard InChI is InChI=1S/C23H27N5O2/c1-4-18-14(2)21(27(3)26-18)23(30)28-11-7-9-16(13-28)20-17(22(24)29)12-15-8-5-6-10-19(15)25-20/h5-6,8,10,12,16H,4,7,9,11,13H2,1-3H3,(H2,24,29). The molecule has 3 aromatic rings. The van der Waals surface area contributed by atoms with E-state index in [2.05, 4.69) is 5.10 Å². The smallest absolute Gasteiger partial charge is 0.272 e. The van der Waals surface area contributed by atoms with Crippen LogP contribution in [0, 0.1) is 6.92 Å². The lowest BCUT2D eigenvalue weighted by Gasteiger charge is -2.33. The van der Waals surface area contributed by atoms with Gasteiger partial charge in [0.25, 0.3) is 11.8 Å². The van der Waals surface area contributed by atoms with E-state index in [9.17, 15) is 9.59 Å². The number of amides is 2. The Morgan fingerprint density at radius 3 is 2.73 bits per heavy atom. The molecule has 2 aromatic heterocycles. The molecule has 4 rings (SSSR count). The fourth-order valence-corrected chi connectivity index (χ4v) is 4.49. The van der Waals surface area contributed by atoms with Crippen molar-refractivity contribution in [2.45, 2.75) is 39.0 Å². The van der Waals surface area contributed by atoms with Crippen LogP contribution in [0.3, 0.4) is 0 Å². The number of carbonyl (C=O) groups is 2. The maximum Gasteiger partial charge on any atom is 0.272 e. The zero-order valence-corrected chi connectivity index (χ0v) is 17.7. The van der Waals surface area contributed by atoms with E-state index in [0.29, 0.717) is 30.0 Å². The normalized spacial score (nSPS) is 16.8. The third-order valence-electron chi connectivity index (χ3n) is 6.03. The highest BCUT2D eigenvalue weighted by molar-refractivity contribution is 5.98. The van der Waals surface area contributed by atoms with Gasteiger partial charge in [-0.15, -0.1) is 0 Å². The predicted octanol–water partition coefficient (Wildman–Crippen LogP) is 2.96. The van der Waals surface area contributed by atoms with Crippen molar-refractivity contribution in [2.24, 2.45) is 12.8 Å². The maximum absolute atomic E-state index is 13.3. The number of aromatic nitrogens is 3. The van der Waals surface area contributed by atoms with Gasteiger partial charge >= 0.3 is 0 Å². The lowest BCUT2D eigenvalue weighted by molar-refractivity contribution is 0.0694. The molecule has 0 spiro atoms. The average molecular weight is 406 g/mol. The minimum Gasteiger partial charge on any atom is -0.366 e. The van der Waals surface area contributed by atoms with E-state index in [0.717, 1.165) is 41.4 Å². The number of likely N-dealkylation sites (tertiary alicyclic amines) is 1. The molecule has 7 heteroatoms. The lowest BCUT2D eigenvalue weighted by Crippen LogP contribution is -2.40. The van der Waals surface area contributed by atoms with Crippen LogP contribution in [-0.4, -0.2) is 44.6 Å². The molecule has 1 saturated heterocycles. The summed E-state index contributed by atoms with van der Waals surface area (Å²) in [5.74, 6) is -0.538. The van der Waals surface area contributed by atoms with Gasteiger partial charge in [0.05, 0.1) is 22.5 Å². The minimum atomic E-state index is -0.484. The second-order valence-electron chi connectivity index (χ2n) is 7.97. The number of aryl methyl sites for hydroxylation is 2. The first-order chi connectivity index (χ1) is 14.4. The Bertz CT molecular complexity index is 1130. The zero-order valence-electron chi connectivity index (χ0n) is 17.7. The predicted molar refractivity (Wildman–Crippen MR) is 115 cm³/mol. The van der Waals surface area contributed by atoms with Crippen LogP contribution in [-0.2, 0) is 13.5 Å². The molecular formula is C23H27N5O2. The van der Waals surface area contributed by atoms with Gasteiger partial charge in [-0.1, -0.05) is 25.1 Å². The van der Waals surface area contributed by atoms with Crippen molar-refractivity contribution in [1.82, 2.24) is 19.7 Å². The number of benzene rings is 1. The molecule has 3 heterocycles. The molecule has 0 bridgehead atoms. The van der Waals surface area contributed by atoms with Crippen LogP contribution < -0.4 is 5.73 Å². The van der Waals surface area contributed by atoms with Crippen molar-refractivity contribution in [3.05, 3.63) is 58.5 Å². The van der Waals surface area contributed by atoms with E-state index in [1.807, 2.05) is 56.1 Å². The van der Waals surface area contributed by atoms with Crippen LogP contribution in [0.25, 0.3) is 10.9 Å². The summed E-state index contributed by atoms with van der Waals surface area (Å²) in [5.41, 5.74) is 10.2. The molecule has 30 heavy (non-hydrogen) atoms. The highest BCUT2D eigenvalue weighted by Gasteiger charge is 2.31. The molecule has 1 unspecified atom stereocenters. The van der Waals surface area contributed by atoms with Crippen molar-refractivity contribution in [3.63, 3.8) is 0 Å². The molecule has 1 aromatic carbocycles. The summed E-state index contributed by atoms with van der Waals surface area (Å²) < 4.78 is 1.68. The Morgan fingerprint density at radius 2 is 2.03 bits per heavy atom. The summed E-state index contributed by atoms with van der Waals surface area (Å²) in [6.45, 7) is 5.19. The van der Waals surface area contributed by atoms with Gasteiger partial charge in [0.2, 0.25) is 0 Å². The third kappa shape index (κ3) is 3.44. The van der Waals surface area contributed by atoms with Crippen molar-refractivity contribution in [1.29, 1.82) is 0 Å². The van der Waals surface area contributed by atoms with Crippen molar-refractivity contribution in [3.8, 4) is 0 Å². The minimum absolute atomic E-state index is 0.0201. The molecule has 1 atom stereocenters. The summed E-state index contributed by atoms with van der Waals surface area (Å²) in [7, 11) is 1.82. The van der Waals surface area contributed by atoms with E-state index in [1.54, 1.807) is 4.68 Å². The van der Waals surface area contributed by atoms with Crippen LogP contribution in [0.4, 0.5) is 0 Å². The highest BCUT2D eigenvalue weighted by Crippen LogP contribution is 2.31. The third-order valence-corrected chi connectivity index (χ3v) is 6.03. The first kappa shape index (κ1) is 20.1. The van der Waals surface area contributed by atoms with Crippen LogP contribution in [0.15, 0.2) is 30.3 Å². The number of nitrogens with zero attached hydrogens (tertiary/aromatic N) is 4. The molecule has 2 amide bonds. The highest BCUT2D eigenvalue weighted by atomic mass is 16.2. The van der Waals surface area contributed by atoms with Gasteiger partial charge in [-0.2, -0.15) is 5.10 Å². The maximum atomic E-state index is 13.3. The summed E-state index contributed by atoms with van der Waals surface area (Å²) in [4.78, 5) is 32.1. The Morgan fingerprint density at radius 1 is 1.27 bits per heavy atom. The fourth-order valence-electron chi connectivity index (χ4n) is 4.49. The number of hydrogen-bond donors (Lipinski definition) is 1. The molecular weight excluding hydrogens is 378 g/mol. The molecule has 0 aliphatic carbocycles. The number of carbonyl (C=O) groups excluding carboxylic acids is 2. The number of para-hydroxylation sites is 1. The van der Waals surface area contributed by atoms with E-state index in [4.69, 9.17) is 10.7 Å². The molecule has 0 radical (unpaired) electrons. The van der Waals surface area contributed by atoms with Gasteiger partial charge < -0.3 is 10.6 Å². The Kier molecular flexibility index (Phi) is 5.28. The second-order valence-corrected chi connectivity index (χ2v) is 7.97. The van der Waals surface area contributed by atoms with Gasteiger partial charge in [0, 0.05) is 37.0 Å². The second kappa shape index (κ2) is 7.89. The number of pyridine rings is 1. The molecule has 0 saturated carbocycles. The molecule has 156 valence electrons. The van der Waals surface area contributed by atoms with E-state index < -0.39 is 5.91 Å². The summed E-state index contributed by atoms with van der Waals surface area (Å²) in [6.07, 6.45) is 2.50. The molecule has 1 aliphatic heterocycles. The van der Waals surface area contributed by atoms with Crippen molar-refractivity contribution >= 4 is 22.7 Å². The van der Waals surface area contributed by atoms with Gasteiger partial charge in [-0.25, -0.2) is 0 Å². The summed E-state index contributed by atoms with van der Waals surface area (Å²) >= 11 is 0. The first-order valence-corrected chi connectivity index (χ1v) is 10.4. The molecule has 1 fully saturated rings. The lowest BCUT2D eigenvalue weighted by atomic mass is 9.90. The van der Waals surface area contributed by atoms with Gasteiger partial charge in [-0.3, -0.25) is 19.3 Å². The topological polar surface area (TPSA) is 94.1 Å².